The molecule has 4 nitrogen and oxygen atoms in total. The van der Waals surface area contributed by atoms with E-state index in [1.54, 1.807) is 6.92 Å². The van der Waals surface area contributed by atoms with E-state index in [1.807, 2.05) is 0 Å². The molecule has 0 heterocycles. The molecule has 0 aliphatic carbocycles. The first-order chi connectivity index (χ1) is 9.88. The molecule has 2 rings (SSSR count). The van der Waals surface area contributed by atoms with Crippen molar-refractivity contribution in [1.82, 2.24) is 0 Å². The molecule has 2 N–H and O–H groups in total. The van der Waals surface area contributed by atoms with Gasteiger partial charge in [-0.2, -0.15) is 0 Å². The second-order valence-corrected chi connectivity index (χ2v) is 5.27. The molecule has 0 fully saturated rings. The third-order valence-corrected chi connectivity index (χ3v) is 3.55. The third kappa shape index (κ3) is 3.46. The number of rotatable bonds is 3. The monoisotopic (exact) mass is 351 g/mol. The number of hydrogen-bond donors (Lipinski definition) is 2. The lowest BCUT2D eigenvalue weighted by Crippen LogP contribution is -2.13. The van der Waals surface area contributed by atoms with Crippen LogP contribution in [0.1, 0.15) is 26.3 Å². The standard InChI is InChI=1S/C15H11BrFNO3/c1-8-6-10(15(20)21)3-5-13(8)18-14(19)9-2-4-11(16)12(17)7-9/h2-7H,1H3,(H,18,19)(H,20,21). The van der Waals surface area contributed by atoms with Crippen LogP contribution in [0.3, 0.4) is 0 Å². The maximum atomic E-state index is 13.4. The van der Waals surface area contributed by atoms with Gasteiger partial charge in [0.2, 0.25) is 0 Å². The fourth-order valence-electron chi connectivity index (χ4n) is 1.77. The molecule has 0 aliphatic rings. The average Bonchev–Trinajstić information content (AvgIpc) is 2.43. The second kappa shape index (κ2) is 6.05. The van der Waals surface area contributed by atoms with Crippen molar-refractivity contribution in [3.63, 3.8) is 0 Å². The number of carbonyl (C=O) groups is 2. The highest BCUT2D eigenvalue weighted by atomic mass is 79.9. The molecule has 2 aromatic rings. The molecular weight excluding hydrogens is 341 g/mol. The van der Waals surface area contributed by atoms with E-state index in [2.05, 4.69) is 21.2 Å². The van der Waals surface area contributed by atoms with Crippen LogP contribution in [0.2, 0.25) is 0 Å². The molecule has 1 amide bonds. The van der Waals surface area contributed by atoms with Crippen LogP contribution in [0.25, 0.3) is 0 Å². The molecule has 0 aromatic heterocycles. The molecule has 0 unspecified atom stereocenters. The van der Waals surface area contributed by atoms with E-state index in [9.17, 15) is 14.0 Å². The molecule has 0 aliphatic heterocycles. The third-order valence-electron chi connectivity index (χ3n) is 2.90. The van der Waals surface area contributed by atoms with Crippen LogP contribution in [-0.4, -0.2) is 17.0 Å². The largest absolute Gasteiger partial charge is 0.478 e. The highest BCUT2D eigenvalue weighted by Gasteiger charge is 2.11. The Kier molecular flexibility index (Phi) is 4.37. The van der Waals surface area contributed by atoms with Crippen molar-refractivity contribution in [2.24, 2.45) is 0 Å². The summed E-state index contributed by atoms with van der Waals surface area (Å²) < 4.78 is 13.7. The Labute approximate surface area is 128 Å². The van der Waals surface area contributed by atoms with Gasteiger partial charge >= 0.3 is 5.97 Å². The van der Waals surface area contributed by atoms with Gasteiger partial charge in [-0.25, -0.2) is 9.18 Å². The minimum absolute atomic E-state index is 0.139. The summed E-state index contributed by atoms with van der Waals surface area (Å²) >= 11 is 3.02. The number of carboxylic acids is 1. The molecule has 2 aromatic carbocycles. The van der Waals surface area contributed by atoms with Crippen molar-refractivity contribution < 1.29 is 19.1 Å². The van der Waals surface area contributed by atoms with Gasteiger partial charge in [0.25, 0.3) is 5.91 Å². The Hall–Kier alpha value is -2.21. The lowest BCUT2D eigenvalue weighted by atomic mass is 10.1. The van der Waals surface area contributed by atoms with Crippen LogP contribution in [-0.2, 0) is 0 Å². The van der Waals surface area contributed by atoms with Crippen molar-refractivity contribution in [3.05, 3.63) is 63.4 Å². The van der Waals surface area contributed by atoms with E-state index in [4.69, 9.17) is 5.11 Å². The lowest BCUT2D eigenvalue weighted by Gasteiger charge is -2.09. The van der Waals surface area contributed by atoms with E-state index in [0.717, 1.165) is 6.07 Å². The maximum absolute atomic E-state index is 13.4. The Balaban J connectivity index is 2.23. The van der Waals surface area contributed by atoms with Crippen LogP contribution in [0, 0.1) is 12.7 Å². The first-order valence-electron chi connectivity index (χ1n) is 5.99. The summed E-state index contributed by atoms with van der Waals surface area (Å²) in [4.78, 5) is 22.9. The van der Waals surface area contributed by atoms with E-state index >= 15 is 0 Å². The number of hydrogen-bond acceptors (Lipinski definition) is 2. The summed E-state index contributed by atoms with van der Waals surface area (Å²) in [5.74, 6) is -2.03. The van der Waals surface area contributed by atoms with Gasteiger partial charge in [-0.1, -0.05) is 0 Å². The van der Waals surface area contributed by atoms with Gasteiger partial charge in [0.15, 0.2) is 0 Å². The molecular formula is C15H11BrFNO3. The number of anilines is 1. The SMILES string of the molecule is Cc1cc(C(=O)O)ccc1NC(=O)c1ccc(Br)c(F)c1. The van der Waals surface area contributed by atoms with Crippen molar-refractivity contribution in [1.29, 1.82) is 0 Å². The van der Waals surface area contributed by atoms with Gasteiger partial charge in [-0.15, -0.1) is 0 Å². The van der Waals surface area contributed by atoms with Crippen LogP contribution in [0.4, 0.5) is 10.1 Å². The molecule has 108 valence electrons. The Morgan fingerprint density at radius 3 is 2.38 bits per heavy atom. The van der Waals surface area contributed by atoms with Crippen LogP contribution in [0.5, 0.6) is 0 Å². The summed E-state index contributed by atoms with van der Waals surface area (Å²) in [5.41, 5.74) is 1.41. The topological polar surface area (TPSA) is 66.4 Å². The molecule has 6 heteroatoms. The molecule has 0 radical (unpaired) electrons. The average molecular weight is 352 g/mol. The molecule has 0 atom stereocenters. The van der Waals surface area contributed by atoms with E-state index in [0.29, 0.717) is 11.3 Å². The fourth-order valence-corrected chi connectivity index (χ4v) is 2.02. The van der Waals surface area contributed by atoms with Crippen LogP contribution in [0.15, 0.2) is 40.9 Å². The zero-order chi connectivity index (χ0) is 15.6. The predicted octanol–water partition coefficient (Wildman–Crippen LogP) is 3.85. The molecule has 0 bridgehead atoms. The number of benzene rings is 2. The van der Waals surface area contributed by atoms with Gasteiger partial charge in [0, 0.05) is 11.3 Å². The zero-order valence-electron chi connectivity index (χ0n) is 11.0. The van der Waals surface area contributed by atoms with E-state index in [-0.39, 0.29) is 15.6 Å². The predicted molar refractivity (Wildman–Crippen MR) is 80.2 cm³/mol. The number of carboxylic acid groups (broad SMARTS) is 1. The maximum Gasteiger partial charge on any atom is 0.335 e. The summed E-state index contributed by atoms with van der Waals surface area (Å²) in [7, 11) is 0. The smallest absolute Gasteiger partial charge is 0.335 e. The summed E-state index contributed by atoms with van der Waals surface area (Å²) in [6.07, 6.45) is 0. The first-order valence-corrected chi connectivity index (χ1v) is 6.78. The second-order valence-electron chi connectivity index (χ2n) is 4.42. The van der Waals surface area contributed by atoms with Gasteiger partial charge in [-0.05, 0) is 64.8 Å². The normalized spacial score (nSPS) is 10.2. The zero-order valence-corrected chi connectivity index (χ0v) is 12.6. The number of aryl methyl sites for hydroxylation is 1. The lowest BCUT2D eigenvalue weighted by molar-refractivity contribution is 0.0696. The quantitative estimate of drug-likeness (QED) is 0.882. The first kappa shape index (κ1) is 15.2. The van der Waals surface area contributed by atoms with Crippen LogP contribution >= 0.6 is 15.9 Å². The van der Waals surface area contributed by atoms with Gasteiger partial charge in [0.05, 0.1) is 10.0 Å². The summed E-state index contributed by atoms with van der Waals surface area (Å²) in [5, 5.41) is 11.5. The minimum Gasteiger partial charge on any atom is -0.478 e. The number of carbonyl (C=O) groups excluding carboxylic acids is 1. The van der Waals surface area contributed by atoms with Gasteiger partial charge in [0.1, 0.15) is 5.82 Å². The highest BCUT2D eigenvalue weighted by Crippen LogP contribution is 2.20. The summed E-state index contributed by atoms with van der Waals surface area (Å²) in [6.45, 7) is 1.68. The number of nitrogens with one attached hydrogen (secondary N) is 1. The molecule has 0 saturated heterocycles. The minimum atomic E-state index is -1.04. The Morgan fingerprint density at radius 2 is 1.81 bits per heavy atom. The summed E-state index contributed by atoms with van der Waals surface area (Å²) in [6, 6.07) is 8.42. The van der Waals surface area contributed by atoms with Crippen molar-refractivity contribution in [2.75, 3.05) is 5.32 Å². The molecule has 0 spiro atoms. The Morgan fingerprint density at radius 1 is 1.14 bits per heavy atom. The Bertz CT molecular complexity index is 731. The van der Waals surface area contributed by atoms with E-state index in [1.165, 1.54) is 30.3 Å². The van der Waals surface area contributed by atoms with Gasteiger partial charge in [-0.3, -0.25) is 4.79 Å². The number of halogens is 2. The molecule has 21 heavy (non-hydrogen) atoms. The fraction of sp³-hybridized carbons (Fsp3) is 0.0667. The number of amides is 1. The molecule has 0 saturated carbocycles. The van der Waals surface area contributed by atoms with Crippen molar-refractivity contribution in [3.8, 4) is 0 Å². The van der Waals surface area contributed by atoms with Crippen molar-refractivity contribution >= 4 is 33.5 Å². The van der Waals surface area contributed by atoms with Gasteiger partial charge < -0.3 is 10.4 Å². The van der Waals surface area contributed by atoms with E-state index < -0.39 is 17.7 Å². The van der Waals surface area contributed by atoms with Crippen molar-refractivity contribution in [2.45, 2.75) is 6.92 Å². The highest BCUT2D eigenvalue weighted by molar-refractivity contribution is 9.10. The number of aromatic carboxylic acids is 1. The van der Waals surface area contributed by atoms with Crippen LogP contribution < -0.4 is 5.32 Å².